The lowest BCUT2D eigenvalue weighted by atomic mass is 9.99. The molecule has 2 aliphatic heterocycles. The molecule has 2 fully saturated rings. The first kappa shape index (κ1) is 12.2. The largest absolute Gasteiger partial charge is 0.361 e. The van der Waals surface area contributed by atoms with Gasteiger partial charge in [0, 0.05) is 24.9 Å². The molecule has 4 heteroatoms. The Morgan fingerprint density at radius 3 is 3.12 bits per heavy atom. The summed E-state index contributed by atoms with van der Waals surface area (Å²) in [5.74, 6) is 1.97. The Morgan fingerprint density at radius 1 is 1.56 bits per heavy atom. The van der Waals surface area contributed by atoms with Crippen molar-refractivity contribution in [3.63, 3.8) is 0 Å². The number of hydrogen-bond acceptors (Lipinski definition) is 3. The predicted octanol–water partition coefficient (Wildman–Crippen LogP) is 1.80. The summed E-state index contributed by atoms with van der Waals surface area (Å²) < 4.78 is 0. The second-order valence-electron chi connectivity index (χ2n) is 4.98. The summed E-state index contributed by atoms with van der Waals surface area (Å²) in [6.45, 7) is 5.73. The van der Waals surface area contributed by atoms with Crippen LogP contribution in [0.15, 0.2) is 4.99 Å². The molecule has 1 N–H and O–H groups in total. The number of nitrogens with zero attached hydrogens (tertiary/aromatic N) is 2. The maximum atomic E-state index is 4.72. The van der Waals surface area contributed by atoms with Gasteiger partial charge in [0.25, 0.3) is 0 Å². The van der Waals surface area contributed by atoms with E-state index in [-0.39, 0.29) is 0 Å². The fraction of sp³-hybridized carbons (Fsp3) is 0.917. The number of nitrogens with one attached hydrogen (secondary N) is 1. The van der Waals surface area contributed by atoms with Gasteiger partial charge in [-0.3, -0.25) is 4.99 Å². The van der Waals surface area contributed by atoms with Crippen molar-refractivity contribution < 1.29 is 0 Å². The molecule has 0 amide bonds. The molecule has 3 nitrogen and oxygen atoms in total. The Labute approximate surface area is 103 Å². The van der Waals surface area contributed by atoms with Gasteiger partial charge in [0.05, 0.1) is 0 Å². The molecule has 0 aromatic rings. The minimum absolute atomic E-state index is 0.651. The first-order chi connectivity index (χ1) is 7.78. The molecule has 0 radical (unpaired) electrons. The van der Waals surface area contributed by atoms with Crippen LogP contribution >= 0.6 is 11.8 Å². The first-order valence-corrected chi connectivity index (χ1v) is 7.38. The van der Waals surface area contributed by atoms with E-state index in [1.165, 1.54) is 43.3 Å². The topological polar surface area (TPSA) is 27.6 Å². The van der Waals surface area contributed by atoms with Gasteiger partial charge >= 0.3 is 0 Å². The van der Waals surface area contributed by atoms with Gasteiger partial charge in [-0.25, -0.2) is 0 Å². The molecule has 0 saturated carbocycles. The highest BCUT2D eigenvalue weighted by Crippen LogP contribution is 2.18. The van der Waals surface area contributed by atoms with Crippen LogP contribution in [-0.2, 0) is 0 Å². The van der Waals surface area contributed by atoms with E-state index >= 15 is 0 Å². The molecule has 0 aromatic heterocycles. The Bertz CT molecular complexity index is 255. The van der Waals surface area contributed by atoms with Crippen LogP contribution in [0.4, 0.5) is 0 Å². The average Bonchev–Trinajstić information content (AvgIpc) is 2.74. The van der Waals surface area contributed by atoms with E-state index in [9.17, 15) is 0 Å². The van der Waals surface area contributed by atoms with E-state index in [2.05, 4.69) is 24.2 Å². The Hall–Kier alpha value is -0.220. The summed E-state index contributed by atoms with van der Waals surface area (Å²) in [6.07, 6.45) is 3.89. The van der Waals surface area contributed by atoms with E-state index in [0.29, 0.717) is 6.04 Å². The third-order valence-corrected chi connectivity index (χ3v) is 4.55. The van der Waals surface area contributed by atoms with Gasteiger partial charge in [0.1, 0.15) is 0 Å². The minimum atomic E-state index is 0.651. The average molecular weight is 241 g/mol. The third kappa shape index (κ3) is 3.39. The lowest BCUT2D eigenvalue weighted by Crippen LogP contribution is -2.34. The van der Waals surface area contributed by atoms with Crippen LogP contribution in [0, 0.1) is 5.92 Å². The van der Waals surface area contributed by atoms with Crippen molar-refractivity contribution in [1.82, 2.24) is 10.2 Å². The Morgan fingerprint density at radius 2 is 2.44 bits per heavy atom. The van der Waals surface area contributed by atoms with Crippen LogP contribution in [0.3, 0.4) is 0 Å². The standard InChI is InChI=1S/C12H23N3S/c1-3-11-9-16-12(14-11)13-7-10-5-4-6-15(2)8-10/h10-11H,3-9H2,1-2H3,(H,13,14). The molecule has 2 rings (SSSR count). The molecule has 2 atom stereocenters. The molecular weight excluding hydrogens is 218 g/mol. The number of likely N-dealkylation sites (tertiary alicyclic amines) is 1. The van der Waals surface area contributed by atoms with Gasteiger partial charge in [-0.15, -0.1) is 0 Å². The lowest BCUT2D eigenvalue weighted by molar-refractivity contribution is 0.214. The second kappa shape index (κ2) is 5.92. The van der Waals surface area contributed by atoms with Crippen LogP contribution in [0.2, 0.25) is 0 Å². The van der Waals surface area contributed by atoms with E-state index in [1.807, 2.05) is 11.8 Å². The second-order valence-corrected chi connectivity index (χ2v) is 5.99. The molecule has 2 heterocycles. The third-order valence-electron chi connectivity index (χ3n) is 3.46. The molecule has 2 unspecified atom stereocenters. The SMILES string of the molecule is CCC1CSC(=NCC2CCCN(C)C2)N1. The van der Waals surface area contributed by atoms with E-state index < -0.39 is 0 Å². The number of piperidine rings is 1. The van der Waals surface area contributed by atoms with Gasteiger partial charge in [0.2, 0.25) is 0 Å². The van der Waals surface area contributed by atoms with Crippen LogP contribution in [0.5, 0.6) is 0 Å². The zero-order chi connectivity index (χ0) is 11.4. The maximum absolute atomic E-state index is 4.72. The van der Waals surface area contributed by atoms with Crippen LogP contribution in [0.25, 0.3) is 0 Å². The van der Waals surface area contributed by atoms with E-state index in [1.54, 1.807) is 0 Å². The Balaban J connectivity index is 1.76. The highest BCUT2D eigenvalue weighted by Gasteiger charge is 2.20. The van der Waals surface area contributed by atoms with Gasteiger partial charge < -0.3 is 10.2 Å². The van der Waals surface area contributed by atoms with Gasteiger partial charge in [-0.05, 0) is 38.8 Å². The van der Waals surface area contributed by atoms with Crippen molar-refractivity contribution in [2.45, 2.75) is 32.2 Å². The zero-order valence-electron chi connectivity index (χ0n) is 10.4. The number of amidine groups is 1. The van der Waals surface area contributed by atoms with Crippen LogP contribution in [-0.4, -0.2) is 48.5 Å². The molecule has 0 aromatic carbocycles. The normalized spacial score (nSPS) is 34.2. The monoisotopic (exact) mass is 241 g/mol. The molecule has 0 spiro atoms. The fourth-order valence-electron chi connectivity index (χ4n) is 2.38. The molecule has 2 saturated heterocycles. The van der Waals surface area contributed by atoms with Gasteiger partial charge in [0.15, 0.2) is 5.17 Å². The highest BCUT2D eigenvalue weighted by molar-refractivity contribution is 8.14. The maximum Gasteiger partial charge on any atom is 0.156 e. The first-order valence-electron chi connectivity index (χ1n) is 6.40. The molecular formula is C12H23N3S. The summed E-state index contributed by atoms with van der Waals surface area (Å²) in [5.41, 5.74) is 0. The minimum Gasteiger partial charge on any atom is -0.361 e. The number of hydrogen-bond donors (Lipinski definition) is 1. The van der Waals surface area contributed by atoms with Gasteiger partial charge in [-0.2, -0.15) is 0 Å². The molecule has 92 valence electrons. The summed E-state index contributed by atoms with van der Waals surface area (Å²) in [4.78, 5) is 7.15. The molecule has 0 bridgehead atoms. The smallest absolute Gasteiger partial charge is 0.156 e. The quantitative estimate of drug-likeness (QED) is 0.816. The van der Waals surface area contributed by atoms with Crippen LogP contribution in [0.1, 0.15) is 26.2 Å². The fourth-order valence-corrected chi connectivity index (χ4v) is 3.48. The van der Waals surface area contributed by atoms with Crippen molar-refractivity contribution in [2.24, 2.45) is 10.9 Å². The van der Waals surface area contributed by atoms with Crippen molar-refractivity contribution >= 4 is 16.9 Å². The van der Waals surface area contributed by atoms with Gasteiger partial charge in [-0.1, -0.05) is 18.7 Å². The van der Waals surface area contributed by atoms with Crippen molar-refractivity contribution in [3.8, 4) is 0 Å². The molecule has 16 heavy (non-hydrogen) atoms. The number of thioether (sulfide) groups is 1. The number of rotatable bonds is 3. The van der Waals surface area contributed by atoms with Crippen molar-refractivity contribution in [1.29, 1.82) is 0 Å². The van der Waals surface area contributed by atoms with Crippen molar-refractivity contribution in [2.75, 3.05) is 32.4 Å². The van der Waals surface area contributed by atoms with E-state index in [0.717, 1.165) is 12.5 Å². The zero-order valence-corrected chi connectivity index (χ0v) is 11.2. The summed E-state index contributed by atoms with van der Waals surface area (Å²) in [7, 11) is 2.22. The summed E-state index contributed by atoms with van der Waals surface area (Å²) in [5, 5.41) is 4.67. The van der Waals surface area contributed by atoms with E-state index in [4.69, 9.17) is 4.99 Å². The summed E-state index contributed by atoms with van der Waals surface area (Å²) >= 11 is 1.89. The predicted molar refractivity (Wildman–Crippen MR) is 72.2 cm³/mol. The Kier molecular flexibility index (Phi) is 4.53. The molecule has 2 aliphatic rings. The van der Waals surface area contributed by atoms with Crippen LogP contribution < -0.4 is 5.32 Å². The lowest BCUT2D eigenvalue weighted by Gasteiger charge is -2.28. The highest BCUT2D eigenvalue weighted by atomic mass is 32.2. The number of aliphatic imine (C=N–C) groups is 1. The van der Waals surface area contributed by atoms with Crippen molar-refractivity contribution in [3.05, 3.63) is 0 Å². The molecule has 0 aliphatic carbocycles. The summed E-state index contributed by atoms with van der Waals surface area (Å²) in [6, 6.07) is 0.651.